The SMILES string of the molecule is C[C@H]1O[C@@H](OCc2ccccc2)[C@H](OCc2ccccc2)[C@@H](O)[C@@H]1OCc1ccccc1. The Balaban J connectivity index is 1.44. The summed E-state index contributed by atoms with van der Waals surface area (Å²) in [5, 5.41) is 11.2. The van der Waals surface area contributed by atoms with Crippen molar-refractivity contribution in [1.29, 1.82) is 0 Å². The third-order valence-electron chi connectivity index (χ3n) is 5.58. The number of hydrogen-bond acceptors (Lipinski definition) is 5. The summed E-state index contributed by atoms with van der Waals surface area (Å²) >= 11 is 0. The van der Waals surface area contributed by atoms with Gasteiger partial charge in [-0.3, -0.25) is 0 Å². The summed E-state index contributed by atoms with van der Waals surface area (Å²) in [4.78, 5) is 0. The summed E-state index contributed by atoms with van der Waals surface area (Å²) in [5.41, 5.74) is 3.08. The topological polar surface area (TPSA) is 57.2 Å². The van der Waals surface area contributed by atoms with E-state index >= 15 is 0 Å². The normalized spacial score (nSPS) is 25.5. The second-order valence-electron chi connectivity index (χ2n) is 8.02. The molecule has 1 aliphatic heterocycles. The van der Waals surface area contributed by atoms with Gasteiger partial charge in [-0.25, -0.2) is 0 Å². The largest absolute Gasteiger partial charge is 0.387 e. The summed E-state index contributed by atoms with van der Waals surface area (Å²) in [7, 11) is 0. The smallest absolute Gasteiger partial charge is 0.187 e. The van der Waals surface area contributed by atoms with Crippen molar-refractivity contribution in [3.63, 3.8) is 0 Å². The van der Waals surface area contributed by atoms with Crippen LogP contribution in [0.3, 0.4) is 0 Å². The van der Waals surface area contributed by atoms with Gasteiger partial charge in [0.15, 0.2) is 6.29 Å². The van der Waals surface area contributed by atoms with Gasteiger partial charge in [-0.2, -0.15) is 0 Å². The maximum atomic E-state index is 11.2. The molecule has 5 atom stereocenters. The number of ether oxygens (including phenoxy) is 4. The fourth-order valence-corrected chi connectivity index (χ4v) is 3.82. The molecule has 1 aliphatic rings. The molecule has 0 aliphatic carbocycles. The predicted molar refractivity (Wildman–Crippen MR) is 122 cm³/mol. The zero-order valence-electron chi connectivity index (χ0n) is 18.2. The first-order valence-electron chi connectivity index (χ1n) is 11.0. The van der Waals surface area contributed by atoms with Crippen LogP contribution in [-0.2, 0) is 38.8 Å². The Morgan fingerprint density at radius 2 is 1.03 bits per heavy atom. The van der Waals surface area contributed by atoms with Gasteiger partial charge in [0.2, 0.25) is 0 Å². The minimum atomic E-state index is -0.896. The van der Waals surface area contributed by atoms with Crippen molar-refractivity contribution >= 4 is 0 Å². The van der Waals surface area contributed by atoms with Gasteiger partial charge >= 0.3 is 0 Å². The number of benzene rings is 3. The maximum absolute atomic E-state index is 11.2. The van der Waals surface area contributed by atoms with Gasteiger partial charge < -0.3 is 24.1 Å². The molecule has 0 bridgehead atoms. The summed E-state index contributed by atoms with van der Waals surface area (Å²) in [6.45, 7) is 2.99. The molecule has 0 saturated carbocycles. The third kappa shape index (κ3) is 6.03. The second-order valence-corrected chi connectivity index (χ2v) is 8.02. The monoisotopic (exact) mass is 434 g/mol. The van der Waals surface area contributed by atoms with Crippen LogP contribution in [0.4, 0.5) is 0 Å². The Bertz CT molecular complexity index is 919. The number of aliphatic hydroxyl groups is 1. The second kappa shape index (κ2) is 11.4. The number of aliphatic hydroxyl groups excluding tert-OH is 1. The van der Waals surface area contributed by atoms with Crippen LogP contribution in [0, 0.1) is 0 Å². The molecule has 5 nitrogen and oxygen atoms in total. The highest BCUT2D eigenvalue weighted by molar-refractivity contribution is 5.15. The van der Waals surface area contributed by atoms with Crippen LogP contribution in [0.5, 0.6) is 0 Å². The zero-order valence-corrected chi connectivity index (χ0v) is 18.2. The molecule has 3 aromatic rings. The van der Waals surface area contributed by atoms with E-state index in [0.717, 1.165) is 16.7 Å². The molecule has 0 spiro atoms. The van der Waals surface area contributed by atoms with Gasteiger partial charge in [0, 0.05) is 0 Å². The minimum Gasteiger partial charge on any atom is -0.387 e. The summed E-state index contributed by atoms with van der Waals surface area (Å²) in [6.07, 6.45) is -3.18. The van der Waals surface area contributed by atoms with E-state index in [1.54, 1.807) is 0 Å². The number of hydrogen-bond donors (Lipinski definition) is 1. The summed E-state index contributed by atoms with van der Waals surface area (Å²) in [5.74, 6) is 0. The van der Waals surface area contributed by atoms with Crippen LogP contribution in [-0.4, -0.2) is 35.8 Å². The Hall–Kier alpha value is -2.54. The molecule has 5 heteroatoms. The van der Waals surface area contributed by atoms with E-state index < -0.39 is 24.6 Å². The average Bonchev–Trinajstić information content (AvgIpc) is 2.84. The molecule has 1 saturated heterocycles. The van der Waals surface area contributed by atoms with Gasteiger partial charge in [-0.15, -0.1) is 0 Å². The molecular formula is C27H30O5. The molecule has 0 radical (unpaired) electrons. The van der Waals surface area contributed by atoms with Crippen molar-refractivity contribution in [2.45, 2.75) is 57.5 Å². The molecular weight excluding hydrogens is 404 g/mol. The Morgan fingerprint density at radius 3 is 1.50 bits per heavy atom. The van der Waals surface area contributed by atoms with Crippen LogP contribution in [0.25, 0.3) is 0 Å². The highest BCUT2D eigenvalue weighted by atomic mass is 16.7. The summed E-state index contributed by atoms with van der Waals surface area (Å²) < 4.78 is 24.4. The number of rotatable bonds is 9. The fraction of sp³-hybridized carbons (Fsp3) is 0.333. The summed E-state index contributed by atoms with van der Waals surface area (Å²) in [6, 6.07) is 29.6. The lowest BCUT2D eigenvalue weighted by molar-refractivity contribution is -0.314. The van der Waals surface area contributed by atoms with Crippen LogP contribution >= 0.6 is 0 Å². The van der Waals surface area contributed by atoms with Crippen LogP contribution < -0.4 is 0 Å². The quantitative estimate of drug-likeness (QED) is 0.538. The van der Waals surface area contributed by atoms with E-state index in [4.69, 9.17) is 18.9 Å². The van der Waals surface area contributed by atoms with Crippen LogP contribution in [0.2, 0.25) is 0 Å². The van der Waals surface area contributed by atoms with Gasteiger partial charge in [0.05, 0.1) is 25.9 Å². The molecule has 0 amide bonds. The molecule has 0 aromatic heterocycles. The fourth-order valence-electron chi connectivity index (χ4n) is 3.82. The molecule has 0 unspecified atom stereocenters. The highest BCUT2D eigenvalue weighted by Crippen LogP contribution is 2.28. The minimum absolute atomic E-state index is 0.344. The first kappa shape index (κ1) is 22.6. The van der Waals surface area contributed by atoms with E-state index in [1.165, 1.54) is 0 Å². The molecule has 1 fully saturated rings. The molecule has 3 aromatic carbocycles. The Kier molecular flexibility index (Phi) is 8.04. The molecule has 168 valence electrons. The molecule has 4 rings (SSSR count). The van der Waals surface area contributed by atoms with E-state index in [9.17, 15) is 5.11 Å². The van der Waals surface area contributed by atoms with E-state index in [-0.39, 0.29) is 6.10 Å². The van der Waals surface area contributed by atoms with Gasteiger partial charge in [-0.1, -0.05) is 91.0 Å². The van der Waals surface area contributed by atoms with Gasteiger partial charge in [0.1, 0.15) is 18.3 Å². The van der Waals surface area contributed by atoms with Crippen molar-refractivity contribution in [3.05, 3.63) is 108 Å². The van der Waals surface area contributed by atoms with Gasteiger partial charge in [0.25, 0.3) is 0 Å². The third-order valence-corrected chi connectivity index (χ3v) is 5.58. The zero-order chi connectivity index (χ0) is 22.2. The van der Waals surface area contributed by atoms with Crippen molar-refractivity contribution in [3.8, 4) is 0 Å². The Labute approximate surface area is 189 Å². The van der Waals surface area contributed by atoms with Crippen LogP contribution in [0.15, 0.2) is 91.0 Å². The van der Waals surface area contributed by atoms with E-state index in [1.807, 2.05) is 97.9 Å². The lowest BCUT2D eigenvalue weighted by Crippen LogP contribution is -2.59. The standard InChI is InChI=1S/C27H30O5/c1-20-25(29-17-21-11-5-2-6-12-21)24(28)26(30-18-22-13-7-3-8-14-22)27(32-20)31-19-23-15-9-4-10-16-23/h2-16,20,24-28H,17-19H2,1H3/t20-,24+,25-,26-,27-/m1/s1. The van der Waals surface area contributed by atoms with Crippen molar-refractivity contribution in [2.75, 3.05) is 0 Å². The highest BCUT2D eigenvalue weighted by Gasteiger charge is 2.45. The van der Waals surface area contributed by atoms with Crippen LogP contribution in [0.1, 0.15) is 23.6 Å². The van der Waals surface area contributed by atoms with Crippen molar-refractivity contribution in [2.24, 2.45) is 0 Å². The van der Waals surface area contributed by atoms with Crippen molar-refractivity contribution in [1.82, 2.24) is 0 Å². The average molecular weight is 435 g/mol. The van der Waals surface area contributed by atoms with E-state index in [2.05, 4.69) is 0 Å². The maximum Gasteiger partial charge on any atom is 0.187 e. The van der Waals surface area contributed by atoms with Crippen molar-refractivity contribution < 1.29 is 24.1 Å². The lowest BCUT2D eigenvalue weighted by atomic mass is 9.99. The molecule has 32 heavy (non-hydrogen) atoms. The van der Waals surface area contributed by atoms with Gasteiger partial charge in [-0.05, 0) is 23.6 Å². The predicted octanol–water partition coefficient (Wildman–Crippen LogP) is 4.48. The first-order valence-corrected chi connectivity index (χ1v) is 11.0. The lowest BCUT2D eigenvalue weighted by Gasteiger charge is -2.43. The Morgan fingerprint density at radius 1 is 0.625 bits per heavy atom. The van der Waals surface area contributed by atoms with E-state index in [0.29, 0.717) is 19.8 Å². The molecule has 1 N–H and O–H groups in total. The first-order chi connectivity index (χ1) is 15.7. The molecule has 1 heterocycles.